The molecule has 2 aromatic carbocycles. The van der Waals surface area contributed by atoms with Crippen LogP contribution >= 0.6 is 0 Å². The van der Waals surface area contributed by atoms with Crippen LogP contribution in [0.25, 0.3) is 33.4 Å². The molecule has 4 aromatic rings. The molecule has 32 heavy (non-hydrogen) atoms. The van der Waals surface area contributed by atoms with Crippen LogP contribution in [0.4, 0.5) is 10.2 Å². The first kappa shape index (κ1) is 22.8. The molecule has 2 aromatic heterocycles. The number of nitrogens with one attached hydrogen (secondary N) is 2. The summed E-state index contributed by atoms with van der Waals surface area (Å²) in [6.07, 6.45) is 3.88. The topological polar surface area (TPSA) is 89.0 Å². The van der Waals surface area contributed by atoms with Gasteiger partial charge in [0.05, 0.1) is 12.7 Å². The Labute approximate surface area is 185 Å². The van der Waals surface area contributed by atoms with E-state index in [9.17, 15) is 9.18 Å². The van der Waals surface area contributed by atoms with Crippen LogP contribution in [0.5, 0.6) is 5.75 Å². The van der Waals surface area contributed by atoms with E-state index in [0.29, 0.717) is 34.8 Å². The average molecular weight is 433 g/mol. The molecule has 0 saturated heterocycles. The predicted molar refractivity (Wildman–Crippen MR) is 125 cm³/mol. The third-order valence-corrected chi connectivity index (χ3v) is 4.60. The Morgan fingerprint density at radius 1 is 1.00 bits per heavy atom. The minimum atomic E-state index is -0.558. The van der Waals surface area contributed by atoms with E-state index in [1.54, 1.807) is 32.6 Å². The third-order valence-electron chi connectivity index (χ3n) is 4.60. The summed E-state index contributed by atoms with van der Waals surface area (Å²) in [7, 11) is 7.08. The molecule has 0 fully saturated rings. The zero-order valence-corrected chi connectivity index (χ0v) is 18.3. The lowest BCUT2D eigenvalue weighted by Gasteiger charge is -2.13. The monoisotopic (exact) mass is 433 g/mol. The fourth-order valence-corrected chi connectivity index (χ4v) is 3.15. The second-order valence-electron chi connectivity index (χ2n) is 6.82. The highest BCUT2D eigenvalue weighted by molar-refractivity contribution is 5.98. The van der Waals surface area contributed by atoms with Gasteiger partial charge in [-0.05, 0) is 61.6 Å². The Kier molecular flexibility index (Phi) is 7.41. The Hall–Kier alpha value is -3.91. The second kappa shape index (κ2) is 10.4. The molecule has 0 amide bonds. The summed E-state index contributed by atoms with van der Waals surface area (Å²) in [6, 6.07) is 11.8. The van der Waals surface area contributed by atoms with E-state index < -0.39 is 5.82 Å². The molecule has 7 nitrogen and oxygen atoms in total. The number of carbonyl (C=O) groups is 1. The van der Waals surface area contributed by atoms with Crippen LogP contribution in [-0.2, 0) is 0 Å². The molecule has 0 aliphatic carbocycles. The van der Waals surface area contributed by atoms with Crippen LogP contribution in [0.3, 0.4) is 0 Å². The van der Waals surface area contributed by atoms with Crippen molar-refractivity contribution in [2.75, 3.05) is 33.6 Å². The average Bonchev–Trinajstić information content (AvgIpc) is 2.84. The van der Waals surface area contributed by atoms with E-state index in [-0.39, 0.29) is 5.56 Å². The number of hydrogen-bond donors (Lipinski definition) is 2. The Bertz CT molecular complexity index is 1230. The number of aldehydes is 1. The number of aromatic nitrogens is 3. The maximum Gasteiger partial charge on any atom is 0.163 e. The number of rotatable bonds is 5. The molecule has 0 radical (unpaired) electrons. The van der Waals surface area contributed by atoms with E-state index in [0.717, 1.165) is 16.5 Å². The van der Waals surface area contributed by atoms with Crippen LogP contribution < -0.4 is 15.4 Å². The van der Waals surface area contributed by atoms with Gasteiger partial charge in [-0.3, -0.25) is 9.78 Å². The van der Waals surface area contributed by atoms with E-state index in [2.05, 4.69) is 25.6 Å². The third kappa shape index (κ3) is 4.70. The van der Waals surface area contributed by atoms with Gasteiger partial charge in [-0.25, -0.2) is 14.4 Å². The minimum Gasteiger partial charge on any atom is -0.494 e. The minimum absolute atomic E-state index is 0.00132. The first-order chi connectivity index (χ1) is 15.6. The van der Waals surface area contributed by atoms with E-state index in [1.807, 2.05) is 38.4 Å². The lowest BCUT2D eigenvalue weighted by Crippen LogP contribution is -2.01. The van der Waals surface area contributed by atoms with Crippen LogP contribution in [0.15, 0.2) is 54.9 Å². The summed E-state index contributed by atoms with van der Waals surface area (Å²) in [5.74, 6) is 1.12. The van der Waals surface area contributed by atoms with Crippen LogP contribution in [0, 0.1) is 5.82 Å². The van der Waals surface area contributed by atoms with E-state index in [1.165, 1.54) is 12.1 Å². The van der Waals surface area contributed by atoms with Gasteiger partial charge in [-0.15, -0.1) is 0 Å². The highest BCUT2D eigenvalue weighted by Crippen LogP contribution is 2.36. The molecular formula is C24H24FN5O2. The lowest BCUT2D eigenvalue weighted by atomic mass is 10.0. The molecule has 2 N–H and O–H groups in total. The zero-order chi connectivity index (χ0) is 23.1. The van der Waals surface area contributed by atoms with Crippen molar-refractivity contribution in [2.24, 2.45) is 0 Å². The number of anilines is 1. The lowest BCUT2D eigenvalue weighted by molar-refractivity contribution is 0.112. The van der Waals surface area contributed by atoms with Crippen molar-refractivity contribution in [2.45, 2.75) is 0 Å². The maximum atomic E-state index is 13.7. The van der Waals surface area contributed by atoms with Crippen molar-refractivity contribution in [3.05, 3.63) is 66.2 Å². The van der Waals surface area contributed by atoms with Gasteiger partial charge in [0, 0.05) is 30.4 Å². The molecule has 0 unspecified atom stereocenters. The summed E-state index contributed by atoms with van der Waals surface area (Å²) in [5, 5.41) is 6.59. The fraction of sp³-hybridized carbons (Fsp3) is 0.167. The van der Waals surface area contributed by atoms with Crippen LogP contribution in [0.2, 0.25) is 0 Å². The Balaban J connectivity index is 0.000000913. The number of pyridine rings is 1. The summed E-state index contributed by atoms with van der Waals surface area (Å²) < 4.78 is 19.3. The second-order valence-corrected chi connectivity index (χ2v) is 6.82. The van der Waals surface area contributed by atoms with E-state index in [4.69, 9.17) is 4.74 Å². The first-order valence-corrected chi connectivity index (χ1v) is 9.87. The number of halogens is 1. The molecule has 8 heteroatoms. The number of benzene rings is 2. The fourth-order valence-electron chi connectivity index (χ4n) is 3.15. The van der Waals surface area contributed by atoms with Crippen LogP contribution in [0.1, 0.15) is 10.4 Å². The molecule has 2 heterocycles. The van der Waals surface area contributed by atoms with Crippen molar-refractivity contribution in [1.29, 1.82) is 0 Å². The molecule has 164 valence electrons. The Morgan fingerprint density at radius 3 is 2.41 bits per heavy atom. The molecule has 0 aliphatic heterocycles. The van der Waals surface area contributed by atoms with E-state index >= 15 is 0 Å². The number of ether oxygens (including phenoxy) is 1. The summed E-state index contributed by atoms with van der Waals surface area (Å²) in [6.45, 7) is 0. The SMILES string of the molecule is CNC.CNc1nc(-c2cccnc2)nc2c(OC)cc(-c3ccc(F)c(C=O)c3)cc12. The van der Waals surface area contributed by atoms with Crippen molar-refractivity contribution < 1.29 is 13.9 Å². The maximum absolute atomic E-state index is 13.7. The summed E-state index contributed by atoms with van der Waals surface area (Å²) >= 11 is 0. The predicted octanol–water partition coefficient (Wildman–Crippen LogP) is 4.20. The number of carbonyl (C=O) groups excluding carboxylic acids is 1. The normalized spacial score (nSPS) is 10.3. The van der Waals surface area contributed by atoms with Gasteiger partial charge in [-0.2, -0.15) is 0 Å². The summed E-state index contributed by atoms with van der Waals surface area (Å²) in [5.41, 5.74) is 2.86. The largest absolute Gasteiger partial charge is 0.494 e. The first-order valence-electron chi connectivity index (χ1n) is 9.87. The molecule has 0 bridgehead atoms. The van der Waals surface area contributed by atoms with Gasteiger partial charge in [0.15, 0.2) is 12.1 Å². The standard InChI is InChI=1S/C22H17FN4O2.C2H7N/c1-24-22-17-9-15(13-5-6-18(23)16(8-13)12-28)10-19(29-2)20(17)26-21(27-22)14-4-3-7-25-11-14;1-3-2/h3-12H,1-2H3,(H,24,26,27);3H,1-2H3. The molecular weight excluding hydrogens is 409 g/mol. The highest BCUT2D eigenvalue weighted by atomic mass is 19.1. The van der Waals surface area contributed by atoms with Gasteiger partial charge in [0.25, 0.3) is 0 Å². The van der Waals surface area contributed by atoms with Gasteiger partial charge < -0.3 is 15.4 Å². The van der Waals surface area contributed by atoms with Gasteiger partial charge in [-0.1, -0.05) is 6.07 Å². The van der Waals surface area contributed by atoms with Gasteiger partial charge >= 0.3 is 0 Å². The molecule has 4 rings (SSSR count). The number of methoxy groups -OCH3 is 1. The highest BCUT2D eigenvalue weighted by Gasteiger charge is 2.15. The van der Waals surface area contributed by atoms with Crippen LogP contribution in [-0.4, -0.2) is 49.5 Å². The van der Waals surface area contributed by atoms with Crippen molar-refractivity contribution in [1.82, 2.24) is 20.3 Å². The smallest absolute Gasteiger partial charge is 0.163 e. The van der Waals surface area contributed by atoms with Crippen molar-refractivity contribution in [3.63, 3.8) is 0 Å². The van der Waals surface area contributed by atoms with Gasteiger partial charge in [0.1, 0.15) is 22.9 Å². The Morgan fingerprint density at radius 2 is 1.78 bits per heavy atom. The number of nitrogens with zero attached hydrogens (tertiary/aromatic N) is 3. The molecule has 0 spiro atoms. The van der Waals surface area contributed by atoms with Gasteiger partial charge in [0.2, 0.25) is 0 Å². The zero-order valence-electron chi connectivity index (χ0n) is 18.3. The number of fused-ring (bicyclic) bond motifs is 1. The summed E-state index contributed by atoms with van der Waals surface area (Å²) in [4.78, 5) is 24.5. The molecule has 0 saturated carbocycles. The molecule has 0 atom stereocenters. The molecule has 0 aliphatic rings. The van der Waals surface area contributed by atoms with Crippen molar-refractivity contribution >= 4 is 23.0 Å². The quantitative estimate of drug-likeness (QED) is 0.456. The van der Waals surface area contributed by atoms with Crippen molar-refractivity contribution in [3.8, 4) is 28.3 Å². The number of hydrogen-bond acceptors (Lipinski definition) is 7.